The molecule has 24 heavy (non-hydrogen) atoms. The maximum Gasteiger partial charge on any atom is 0.289 e. The van der Waals surface area contributed by atoms with Crippen LogP contribution in [0.5, 0.6) is 0 Å². The molecule has 2 atom stereocenters. The van der Waals surface area contributed by atoms with E-state index in [0.29, 0.717) is 31.1 Å². The van der Waals surface area contributed by atoms with Gasteiger partial charge in [0.15, 0.2) is 5.89 Å². The van der Waals surface area contributed by atoms with Gasteiger partial charge < -0.3 is 20.2 Å². The number of nitrogens with zero attached hydrogens (tertiary/aromatic N) is 1. The van der Waals surface area contributed by atoms with Crippen molar-refractivity contribution in [3.63, 3.8) is 0 Å². The van der Waals surface area contributed by atoms with Gasteiger partial charge in [0.2, 0.25) is 5.76 Å². The van der Waals surface area contributed by atoms with Crippen LogP contribution in [-0.2, 0) is 5.54 Å². The number of aliphatic hydroxyl groups excluding tert-OH is 1. The van der Waals surface area contributed by atoms with Crippen LogP contribution < -0.4 is 10.6 Å². The second-order valence-electron chi connectivity index (χ2n) is 5.91. The molecule has 6 nitrogen and oxygen atoms in total. The molecule has 1 aromatic carbocycles. The van der Waals surface area contributed by atoms with Gasteiger partial charge in [-0.1, -0.05) is 30.3 Å². The number of halogens is 1. The number of nitrogens with one attached hydrogen (secondary N) is 2. The van der Waals surface area contributed by atoms with Gasteiger partial charge in [-0.05, 0) is 25.5 Å². The lowest BCUT2D eigenvalue weighted by atomic mass is 9.79. The van der Waals surface area contributed by atoms with E-state index in [1.165, 1.54) is 0 Å². The molecule has 2 aromatic rings. The number of hydrogen-bond acceptors (Lipinski definition) is 5. The average Bonchev–Trinajstić information content (AvgIpc) is 2.89. The Hall–Kier alpha value is -1.89. The lowest BCUT2D eigenvalue weighted by molar-refractivity contribution is 0.0279. The molecule has 1 fully saturated rings. The second-order valence-corrected chi connectivity index (χ2v) is 5.91. The molecule has 1 aliphatic rings. The summed E-state index contributed by atoms with van der Waals surface area (Å²) < 4.78 is 5.41. The topological polar surface area (TPSA) is 87.4 Å². The second kappa shape index (κ2) is 7.34. The number of aromatic nitrogens is 1. The first-order chi connectivity index (χ1) is 11.0. The highest BCUT2D eigenvalue weighted by Gasteiger charge is 2.43. The zero-order chi connectivity index (χ0) is 16.4. The highest BCUT2D eigenvalue weighted by molar-refractivity contribution is 5.93. The van der Waals surface area contributed by atoms with E-state index in [-0.39, 0.29) is 24.1 Å². The van der Waals surface area contributed by atoms with Crippen molar-refractivity contribution in [2.24, 2.45) is 0 Å². The maximum atomic E-state index is 12.7. The number of rotatable bonds is 3. The van der Waals surface area contributed by atoms with E-state index < -0.39 is 11.6 Å². The highest BCUT2D eigenvalue weighted by Crippen LogP contribution is 2.31. The van der Waals surface area contributed by atoms with Crippen LogP contribution >= 0.6 is 12.4 Å². The van der Waals surface area contributed by atoms with Crippen molar-refractivity contribution in [1.29, 1.82) is 0 Å². The normalized spacial score (nSPS) is 23.4. The van der Waals surface area contributed by atoms with Crippen molar-refractivity contribution in [3.05, 3.63) is 53.2 Å². The third-order valence-corrected chi connectivity index (χ3v) is 4.34. The highest BCUT2D eigenvalue weighted by atomic mass is 35.5. The minimum atomic E-state index is -0.837. The molecule has 0 aliphatic carbocycles. The molecule has 3 rings (SSSR count). The summed E-state index contributed by atoms with van der Waals surface area (Å²) in [5.41, 5.74) is 0.597. The molecule has 1 amide bonds. The summed E-state index contributed by atoms with van der Waals surface area (Å²) in [6.45, 7) is 4.57. The van der Waals surface area contributed by atoms with Crippen LogP contribution in [0.3, 0.4) is 0 Å². The molecule has 1 aromatic heterocycles. The van der Waals surface area contributed by atoms with E-state index in [4.69, 9.17) is 4.42 Å². The summed E-state index contributed by atoms with van der Waals surface area (Å²) in [6, 6.07) is 9.57. The summed E-state index contributed by atoms with van der Waals surface area (Å²) >= 11 is 0. The van der Waals surface area contributed by atoms with E-state index in [0.717, 1.165) is 5.56 Å². The van der Waals surface area contributed by atoms with Crippen molar-refractivity contribution in [2.75, 3.05) is 13.1 Å². The van der Waals surface area contributed by atoms with E-state index in [2.05, 4.69) is 15.6 Å². The van der Waals surface area contributed by atoms with Gasteiger partial charge in [0.1, 0.15) is 0 Å². The van der Waals surface area contributed by atoms with Crippen molar-refractivity contribution in [3.8, 4) is 0 Å². The number of β-amino-alcohol motifs (C(OH)–C–C–N with tert-alkyl or cyclic N) is 1. The molecule has 1 saturated heterocycles. The van der Waals surface area contributed by atoms with Gasteiger partial charge in [-0.3, -0.25) is 4.79 Å². The van der Waals surface area contributed by atoms with E-state index >= 15 is 0 Å². The van der Waals surface area contributed by atoms with Gasteiger partial charge in [0.05, 0.1) is 17.3 Å². The molecule has 0 saturated carbocycles. The Labute approximate surface area is 147 Å². The van der Waals surface area contributed by atoms with Crippen LogP contribution in [-0.4, -0.2) is 35.2 Å². The first kappa shape index (κ1) is 18.4. The van der Waals surface area contributed by atoms with Gasteiger partial charge in [0.25, 0.3) is 5.91 Å². The Morgan fingerprint density at radius 1 is 1.38 bits per heavy atom. The van der Waals surface area contributed by atoms with Crippen molar-refractivity contribution < 1.29 is 14.3 Å². The van der Waals surface area contributed by atoms with Crippen molar-refractivity contribution in [1.82, 2.24) is 15.6 Å². The molecular weight excluding hydrogens is 330 g/mol. The zero-order valence-corrected chi connectivity index (χ0v) is 14.5. The number of aliphatic hydroxyl groups is 1. The summed E-state index contributed by atoms with van der Waals surface area (Å²) in [5.74, 6) is 0.295. The molecule has 1 aliphatic heterocycles. The van der Waals surface area contributed by atoms with E-state index in [9.17, 15) is 9.90 Å². The van der Waals surface area contributed by atoms with E-state index in [1.54, 1.807) is 13.8 Å². The summed E-state index contributed by atoms with van der Waals surface area (Å²) in [7, 11) is 0. The fourth-order valence-corrected chi connectivity index (χ4v) is 3.16. The fourth-order valence-electron chi connectivity index (χ4n) is 3.16. The average molecular weight is 352 g/mol. The third kappa shape index (κ3) is 3.31. The van der Waals surface area contributed by atoms with Crippen LogP contribution in [0.25, 0.3) is 0 Å². The standard InChI is InChI=1S/C17H21N3O3.ClH/c1-11-15(23-12(2)19-11)16(22)20-17(8-9-18-10-14(17)21)13-6-4-3-5-7-13;/h3-7,14,18,21H,8-10H2,1-2H3,(H,20,22);1H/t14-,17-;/m1./s1. The minimum Gasteiger partial charge on any atom is -0.436 e. The number of hydrogen-bond donors (Lipinski definition) is 3. The zero-order valence-electron chi connectivity index (χ0n) is 13.7. The first-order valence-corrected chi connectivity index (χ1v) is 7.74. The first-order valence-electron chi connectivity index (χ1n) is 7.74. The molecule has 3 N–H and O–H groups in total. The largest absolute Gasteiger partial charge is 0.436 e. The number of carbonyl (C=O) groups is 1. The SMILES string of the molecule is Cc1nc(C)c(C(=O)N[C@@]2(c3ccccc3)CCNC[C@H]2O)o1.Cl. The van der Waals surface area contributed by atoms with Crippen LogP contribution in [0.1, 0.15) is 34.1 Å². The quantitative estimate of drug-likeness (QED) is 0.783. The number of oxazole rings is 1. The predicted molar refractivity (Wildman–Crippen MR) is 92.3 cm³/mol. The maximum absolute atomic E-state index is 12.7. The van der Waals surface area contributed by atoms with Crippen molar-refractivity contribution >= 4 is 18.3 Å². The Kier molecular flexibility index (Phi) is 5.64. The number of carbonyl (C=O) groups excluding carboxylic acids is 1. The van der Waals surface area contributed by atoms with Crippen LogP contribution in [0, 0.1) is 13.8 Å². The molecule has 0 unspecified atom stereocenters. The molecule has 2 heterocycles. The summed E-state index contributed by atoms with van der Waals surface area (Å²) in [6.07, 6.45) is -0.136. The number of amides is 1. The lowest BCUT2D eigenvalue weighted by Gasteiger charge is -2.42. The number of aryl methyl sites for hydroxylation is 2. The Balaban J connectivity index is 0.00000208. The number of benzene rings is 1. The molecular formula is C17H22ClN3O3. The van der Waals surface area contributed by atoms with Crippen molar-refractivity contribution in [2.45, 2.75) is 31.9 Å². The van der Waals surface area contributed by atoms with Gasteiger partial charge in [-0.15, -0.1) is 12.4 Å². The molecule has 0 spiro atoms. The molecule has 130 valence electrons. The van der Waals surface area contributed by atoms with Crippen LogP contribution in [0.15, 0.2) is 34.7 Å². The predicted octanol–water partition coefficient (Wildman–Crippen LogP) is 1.69. The van der Waals surface area contributed by atoms with Crippen LogP contribution in [0.4, 0.5) is 0 Å². The van der Waals surface area contributed by atoms with Gasteiger partial charge in [0, 0.05) is 13.5 Å². The third-order valence-electron chi connectivity index (χ3n) is 4.34. The van der Waals surface area contributed by atoms with Gasteiger partial charge >= 0.3 is 0 Å². The Bertz CT molecular complexity index is 704. The van der Waals surface area contributed by atoms with Crippen LogP contribution in [0.2, 0.25) is 0 Å². The van der Waals surface area contributed by atoms with Gasteiger partial charge in [-0.2, -0.15) is 0 Å². The smallest absolute Gasteiger partial charge is 0.289 e. The number of piperidine rings is 1. The minimum absolute atomic E-state index is 0. The lowest BCUT2D eigenvalue weighted by Crippen LogP contribution is -2.61. The summed E-state index contributed by atoms with van der Waals surface area (Å²) in [5, 5.41) is 16.8. The summed E-state index contributed by atoms with van der Waals surface area (Å²) in [4.78, 5) is 16.8. The molecule has 0 radical (unpaired) electrons. The van der Waals surface area contributed by atoms with E-state index in [1.807, 2.05) is 30.3 Å². The fraction of sp³-hybridized carbons (Fsp3) is 0.412. The molecule has 0 bridgehead atoms. The molecule has 7 heteroatoms. The Morgan fingerprint density at radius 2 is 2.08 bits per heavy atom. The Morgan fingerprint density at radius 3 is 2.67 bits per heavy atom. The monoisotopic (exact) mass is 351 g/mol. The van der Waals surface area contributed by atoms with Gasteiger partial charge in [-0.25, -0.2) is 4.98 Å².